The van der Waals surface area contributed by atoms with Crippen LogP contribution in [0.4, 0.5) is 10.1 Å². The van der Waals surface area contributed by atoms with Crippen LogP contribution in [-0.2, 0) is 4.79 Å². The lowest BCUT2D eigenvalue weighted by atomic mass is 9.71. The highest BCUT2D eigenvalue weighted by molar-refractivity contribution is 6.07. The number of carbonyl (C=O) groups is 2. The molecule has 2 aromatic rings. The molecular weight excluding hydrogens is 359 g/mol. The number of fused-ring (bicyclic) bond motifs is 3. The fraction of sp³-hybridized carbons (Fsp3) is 0.364. The highest BCUT2D eigenvalue weighted by Gasteiger charge is 2.56. The second-order valence-electron chi connectivity index (χ2n) is 7.85. The molecule has 6 heteroatoms. The average molecular weight is 380 g/mol. The number of hydrogen-bond acceptors (Lipinski definition) is 3. The zero-order valence-electron chi connectivity index (χ0n) is 15.3. The summed E-state index contributed by atoms with van der Waals surface area (Å²) in [6, 6.07) is 12.9. The van der Waals surface area contributed by atoms with Crippen molar-refractivity contribution in [1.82, 2.24) is 4.90 Å². The Bertz CT molecular complexity index is 958. The van der Waals surface area contributed by atoms with Gasteiger partial charge in [-0.15, -0.1) is 0 Å². The quantitative estimate of drug-likeness (QED) is 0.890. The minimum atomic E-state index is -0.455. The Morgan fingerprint density at radius 2 is 1.89 bits per heavy atom. The van der Waals surface area contributed by atoms with Gasteiger partial charge in [-0.2, -0.15) is 0 Å². The highest BCUT2D eigenvalue weighted by Crippen LogP contribution is 2.50. The number of aliphatic hydroxyl groups is 1. The van der Waals surface area contributed by atoms with Gasteiger partial charge in [-0.1, -0.05) is 24.3 Å². The van der Waals surface area contributed by atoms with Crippen LogP contribution in [0.15, 0.2) is 48.5 Å². The van der Waals surface area contributed by atoms with Crippen molar-refractivity contribution >= 4 is 17.5 Å². The lowest BCUT2D eigenvalue weighted by Crippen LogP contribution is -2.71. The number of rotatable bonds is 3. The first-order valence-electron chi connectivity index (χ1n) is 9.69. The second-order valence-corrected chi connectivity index (χ2v) is 7.85. The maximum Gasteiger partial charge on any atom is 0.258 e. The first-order chi connectivity index (χ1) is 13.6. The average Bonchev–Trinajstić information content (AvgIpc) is 3.53. The van der Waals surface area contributed by atoms with Crippen LogP contribution in [0.1, 0.15) is 34.7 Å². The molecule has 3 atom stereocenters. The normalized spacial score (nSPS) is 25.6. The molecular formula is C22H21FN2O3. The minimum absolute atomic E-state index is 0.0143. The molecule has 0 radical (unpaired) electrons. The van der Waals surface area contributed by atoms with Gasteiger partial charge in [0, 0.05) is 29.6 Å². The number of para-hydroxylation sites is 1. The van der Waals surface area contributed by atoms with Gasteiger partial charge in [-0.3, -0.25) is 9.59 Å². The predicted molar refractivity (Wildman–Crippen MR) is 101 cm³/mol. The number of anilines is 1. The van der Waals surface area contributed by atoms with E-state index in [2.05, 4.69) is 0 Å². The van der Waals surface area contributed by atoms with Crippen molar-refractivity contribution in [3.8, 4) is 0 Å². The van der Waals surface area contributed by atoms with Crippen molar-refractivity contribution in [2.75, 3.05) is 18.1 Å². The van der Waals surface area contributed by atoms with Gasteiger partial charge < -0.3 is 14.9 Å². The molecule has 2 fully saturated rings. The summed E-state index contributed by atoms with van der Waals surface area (Å²) < 4.78 is 13.6. The van der Waals surface area contributed by atoms with E-state index in [0.29, 0.717) is 6.54 Å². The van der Waals surface area contributed by atoms with Crippen LogP contribution in [0.25, 0.3) is 0 Å². The molecule has 28 heavy (non-hydrogen) atoms. The van der Waals surface area contributed by atoms with E-state index in [1.165, 1.54) is 18.2 Å². The third-order valence-corrected chi connectivity index (χ3v) is 6.18. The molecule has 3 aliphatic rings. The lowest BCUT2D eigenvalue weighted by Gasteiger charge is -2.59. The zero-order valence-corrected chi connectivity index (χ0v) is 15.3. The van der Waals surface area contributed by atoms with Crippen molar-refractivity contribution in [1.29, 1.82) is 0 Å². The Morgan fingerprint density at radius 3 is 2.61 bits per heavy atom. The number of likely N-dealkylation sites (tertiary alicyclic amines) is 1. The predicted octanol–water partition coefficient (Wildman–Crippen LogP) is 2.55. The number of amides is 2. The molecule has 1 N–H and O–H groups in total. The maximum atomic E-state index is 13.6. The summed E-state index contributed by atoms with van der Waals surface area (Å²) in [6.45, 7) is 0.262. The van der Waals surface area contributed by atoms with Crippen molar-refractivity contribution in [2.45, 2.75) is 30.8 Å². The Labute approximate surface area is 162 Å². The number of carbonyl (C=O) groups excluding carboxylic acids is 2. The summed E-state index contributed by atoms with van der Waals surface area (Å²) >= 11 is 0. The largest absolute Gasteiger partial charge is 0.394 e. The first kappa shape index (κ1) is 17.4. The molecule has 0 unspecified atom stereocenters. The van der Waals surface area contributed by atoms with E-state index in [0.717, 1.165) is 24.1 Å². The Hall–Kier alpha value is -2.73. The van der Waals surface area contributed by atoms with Crippen LogP contribution < -0.4 is 4.90 Å². The molecule has 1 saturated heterocycles. The second kappa shape index (κ2) is 6.41. The lowest BCUT2D eigenvalue weighted by molar-refractivity contribution is -0.151. The van der Waals surface area contributed by atoms with E-state index in [4.69, 9.17) is 0 Å². The number of aliphatic hydroxyl groups excluding tert-OH is 1. The van der Waals surface area contributed by atoms with Gasteiger partial charge in [0.1, 0.15) is 5.82 Å². The van der Waals surface area contributed by atoms with E-state index in [9.17, 15) is 19.1 Å². The topological polar surface area (TPSA) is 60.9 Å². The highest BCUT2D eigenvalue weighted by atomic mass is 19.1. The Kier molecular flexibility index (Phi) is 3.98. The van der Waals surface area contributed by atoms with Gasteiger partial charge in [0.25, 0.3) is 5.91 Å². The summed E-state index contributed by atoms with van der Waals surface area (Å²) in [5, 5.41) is 9.94. The molecule has 2 heterocycles. The molecule has 0 spiro atoms. The Morgan fingerprint density at radius 1 is 1.11 bits per heavy atom. The van der Waals surface area contributed by atoms with E-state index in [1.807, 2.05) is 24.3 Å². The summed E-state index contributed by atoms with van der Waals surface area (Å²) in [4.78, 5) is 29.4. The summed E-state index contributed by atoms with van der Waals surface area (Å²) in [5.41, 5.74) is 2.02. The van der Waals surface area contributed by atoms with Crippen molar-refractivity contribution in [2.24, 2.45) is 5.92 Å². The third-order valence-electron chi connectivity index (χ3n) is 6.18. The van der Waals surface area contributed by atoms with Crippen LogP contribution in [0.3, 0.4) is 0 Å². The van der Waals surface area contributed by atoms with Gasteiger partial charge in [-0.05, 0) is 42.7 Å². The minimum Gasteiger partial charge on any atom is -0.394 e. The molecule has 2 amide bonds. The van der Waals surface area contributed by atoms with Gasteiger partial charge in [0.05, 0.1) is 18.7 Å². The fourth-order valence-electron chi connectivity index (χ4n) is 4.70. The van der Waals surface area contributed by atoms with Crippen LogP contribution in [0.2, 0.25) is 0 Å². The van der Waals surface area contributed by atoms with Gasteiger partial charge >= 0.3 is 0 Å². The SMILES string of the molecule is O=C(c1cccc(F)c1)N1C[C@H]2[C@@H](c3ccccc31)[C@@H](CO)N2C(=O)C1CC1. The molecule has 144 valence electrons. The Balaban J connectivity index is 1.53. The summed E-state index contributed by atoms with van der Waals surface area (Å²) in [7, 11) is 0. The van der Waals surface area contributed by atoms with Gasteiger partial charge in [-0.25, -0.2) is 4.39 Å². The number of hydrogen-bond donors (Lipinski definition) is 1. The molecule has 0 aromatic heterocycles. The molecule has 5 rings (SSSR count). The van der Waals surface area contributed by atoms with Crippen molar-refractivity contribution < 1.29 is 19.1 Å². The third kappa shape index (κ3) is 2.55. The van der Waals surface area contributed by atoms with Crippen molar-refractivity contribution in [3.05, 3.63) is 65.5 Å². The smallest absolute Gasteiger partial charge is 0.258 e. The van der Waals surface area contributed by atoms with Crippen LogP contribution in [-0.4, -0.2) is 47.1 Å². The van der Waals surface area contributed by atoms with Gasteiger partial charge in [0.15, 0.2) is 0 Å². The standard InChI is InChI=1S/C22H21FN2O3/c23-15-5-3-4-14(10-15)21(27)24-11-18-20(16-6-1-2-7-17(16)24)19(12-26)25(18)22(28)13-8-9-13/h1-7,10,13,18-20,26H,8-9,11-12H2/t18-,19+,20+/m0/s1. The maximum absolute atomic E-state index is 13.6. The van der Waals surface area contributed by atoms with Crippen molar-refractivity contribution in [3.63, 3.8) is 0 Å². The van der Waals surface area contributed by atoms with Gasteiger partial charge in [0.2, 0.25) is 5.91 Å². The number of halogens is 1. The van der Waals surface area contributed by atoms with E-state index < -0.39 is 5.82 Å². The van der Waals surface area contributed by atoms with E-state index in [1.54, 1.807) is 15.9 Å². The van der Waals surface area contributed by atoms with E-state index >= 15 is 0 Å². The molecule has 2 aliphatic heterocycles. The zero-order chi connectivity index (χ0) is 19.4. The molecule has 5 nitrogen and oxygen atoms in total. The van der Waals surface area contributed by atoms with Crippen LogP contribution >= 0.6 is 0 Å². The van der Waals surface area contributed by atoms with E-state index in [-0.39, 0.29) is 47.9 Å². The van der Waals surface area contributed by atoms with Crippen LogP contribution in [0, 0.1) is 11.7 Å². The number of benzene rings is 2. The van der Waals surface area contributed by atoms with Crippen LogP contribution in [0.5, 0.6) is 0 Å². The monoisotopic (exact) mass is 380 g/mol. The molecule has 2 aromatic carbocycles. The summed E-state index contributed by atoms with van der Waals surface area (Å²) in [6.07, 6.45) is 1.79. The molecule has 1 saturated carbocycles. The summed E-state index contributed by atoms with van der Waals surface area (Å²) in [5.74, 6) is -0.585. The first-order valence-corrected chi connectivity index (χ1v) is 9.69. The molecule has 0 bridgehead atoms. The number of nitrogens with zero attached hydrogens (tertiary/aromatic N) is 2. The fourth-order valence-corrected chi connectivity index (χ4v) is 4.70. The molecule has 1 aliphatic carbocycles.